The average Bonchev–Trinajstić information content (AvgIpc) is 2.50. The van der Waals surface area contributed by atoms with Gasteiger partial charge >= 0.3 is 5.97 Å². The summed E-state index contributed by atoms with van der Waals surface area (Å²) < 4.78 is 4.60. The molecule has 0 spiro atoms. The molecule has 0 bridgehead atoms. The maximum atomic E-state index is 11.4. The number of esters is 1. The summed E-state index contributed by atoms with van der Waals surface area (Å²) in [6, 6.07) is 6.09. The molecule has 116 valence electrons. The Morgan fingerprint density at radius 2 is 2.14 bits per heavy atom. The quantitative estimate of drug-likeness (QED) is 0.868. The zero-order chi connectivity index (χ0) is 15.4. The van der Waals surface area contributed by atoms with E-state index in [9.17, 15) is 9.90 Å². The minimum absolute atomic E-state index is 0.000605. The summed E-state index contributed by atoms with van der Waals surface area (Å²) >= 11 is 6.04. The lowest BCUT2D eigenvalue weighted by Crippen LogP contribution is -2.40. The highest BCUT2D eigenvalue weighted by atomic mass is 35.5. The van der Waals surface area contributed by atoms with Crippen LogP contribution in [-0.4, -0.2) is 42.3 Å². The molecule has 1 heterocycles. The number of methoxy groups -OCH3 is 1. The van der Waals surface area contributed by atoms with Gasteiger partial charge in [0.15, 0.2) is 6.10 Å². The van der Waals surface area contributed by atoms with E-state index in [4.69, 9.17) is 11.6 Å². The summed E-state index contributed by atoms with van der Waals surface area (Å²) in [5, 5.41) is 10.7. The molecule has 1 aromatic carbocycles. The second kappa shape index (κ2) is 7.25. The van der Waals surface area contributed by atoms with Crippen LogP contribution in [0.3, 0.4) is 0 Å². The van der Waals surface area contributed by atoms with Crippen molar-refractivity contribution in [1.82, 2.24) is 4.90 Å². The van der Waals surface area contributed by atoms with Gasteiger partial charge in [0, 0.05) is 11.6 Å². The van der Waals surface area contributed by atoms with Crippen molar-refractivity contribution in [3.8, 4) is 0 Å². The van der Waals surface area contributed by atoms with Crippen molar-refractivity contribution in [3.05, 3.63) is 34.3 Å². The molecule has 1 aliphatic heterocycles. The Hall–Kier alpha value is -1.10. The van der Waals surface area contributed by atoms with Crippen LogP contribution in [0.4, 0.5) is 0 Å². The number of carbonyl (C=O) groups excluding carboxylic acids is 1. The molecule has 0 aliphatic carbocycles. The van der Waals surface area contributed by atoms with E-state index in [0.717, 1.165) is 43.1 Å². The lowest BCUT2D eigenvalue weighted by atomic mass is 9.91. The molecule has 1 fully saturated rings. The average molecular weight is 312 g/mol. The van der Waals surface area contributed by atoms with Crippen molar-refractivity contribution in [2.45, 2.75) is 32.4 Å². The number of aryl methyl sites for hydroxylation is 1. The van der Waals surface area contributed by atoms with E-state index in [-0.39, 0.29) is 5.92 Å². The summed E-state index contributed by atoms with van der Waals surface area (Å²) in [6.07, 6.45) is 0.626. The number of rotatable bonds is 4. The molecule has 0 radical (unpaired) electrons. The summed E-state index contributed by atoms with van der Waals surface area (Å²) in [5.74, 6) is -0.526. The van der Waals surface area contributed by atoms with Gasteiger partial charge in [0.1, 0.15) is 0 Å². The Morgan fingerprint density at radius 1 is 1.48 bits per heavy atom. The molecule has 1 saturated heterocycles. The van der Waals surface area contributed by atoms with E-state index in [1.807, 2.05) is 19.1 Å². The third kappa shape index (κ3) is 4.19. The van der Waals surface area contributed by atoms with Gasteiger partial charge in [0.2, 0.25) is 0 Å². The fraction of sp³-hybridized carbons (Fsp3) is 0.562. The molecule has 1 aliphatic rings. The highest BCUT2D eigenvalue weighted by Crippen LogP contribution is 2.24. The molecular weight excluding hydrogens is 290 g/mol. The van der Waals surface area contributed by atoms with Crippen LogP contribution in [0.15, 0.2) is 18.2 Å². The molecule has 2 rings (SSSR count). The summed E-state index contributed by atoms with van der Waals surface area (Å²) in [7, 11) is 1.31. The van der Waals surface area contributed by atoms with E-state index in [2.05, 4.69) is 15.7 Å². The van der Waals surface area contributed by atoms with Crippen LogP contribution in [0.25, 0.3) is 0 Å². The van der Waals surface area contributed by atoms with Crippen LogP contribution in [0.2, 0.25) is 5.02 Å². The number of hydrogen-bond donors (Lipinski definition) is 1. The lowest BCUT2D eigenvalue weighted by Gasteiger charge is -2.33. The van der Waals surface area contributed by atoms with Gasteiger partial charge in [-0.1, -0.05) is 23.7 Å². The number of aliphatic hydroxyl groups is 1. The topological polar surface area (TPSA) is 49.8 Å². The third-order valence-corrected chi connectivity index (χ3v) is 4.57. The van der Waals surface area contributed by atoms with Gasteiger partial charge in [0.05, 0.1) is 7.11 Å². The number of aliphatic hydroxyl groups excluding tert-OH is 1. The van der Waals surface area contributed by atoms with E-state index in [1.165, 1.54) is 12.7 Å². The lowest BCUT2D eigenvalue weighted by molar-refractivity contribution is -0.154. The Bertz CT molecular complexity index is 498. The predicted molar refractivity (Wildman–Crippen MR) is 82.2 cm³/mol. The second-order valence-electron chi connectivity index (χ2n) is 5.67. The number of piperidine rings is 1. The highest BCUT2D eigenvalue weighted by Gasteiger charge is 2.30. The Labute approximate surface area is 130 Å². The fourth-order valence-corrected chi connectivity index (χ4v) is 2.92. The van der Waals surface area contributed by atoms with E-state index in [0.29, 0.717) is 0 Å². The third-order valence-electron chi connectivity index (χ3n) is 4.15. The molecule has 21 heavy (non-hydrogen) atoms. The van der Waals surface area contributed by atoms with Crippen LogP contribution < -0.4 is 0 Å². The summed E-state index contributed by atoms with van der Waals surface area (Å²) in [5.41, 5.74) is 2.33. The first-order valence-electron chi connectivity index (χ1n) is 7.24. The van der Waals surface area contributed by atoms with Crippen LogP contribution in [-0.2, 0) is 16.1 Å². The van der Waals surface area contributed by atoms with Gasteiger partial charge in [-0.25, -0.2) is 4.79 Å². The van der Waals surface area contributed by atoms with Crippen LogP contribution in [0.5, 0.6) is 0 Å². The van der Waals surface area contributed by atoms with Crippen LogP contribution >= 0.6 is 11.6 Å². The van der Waals surface area contributed by atoms with Gasteiger partial charge in [-0.05, 0) is 56.0 Å². The highest BCUT2D eigenvalue weighted by molar-refractivity contribution is 6.31. The van der Waals surface area contributed by atoms with Gasteiger partial charge < -0.3 is 9.84 Å². The van der Waals surface area contributed by atoms with Crippen molar-refractivity contribution in [2.24, 2.45) is 5.92 Å². The minimum atomic E-state index is -0.991. The Balaban J connectivity index is 1.86. The van der Waals surface area contributed by atoms with Gasteiger partial charge in [-0.3, -0.25) is 4.90 Å². The fourth-order valence-electron chi connectivity index (χ4n) is 2.80. The number of carbonyl (C=O) groups is 1. The molecule has 4 nitrogen and oxygen atoms in total. The van der Waals surface area contributed by atoms with E-state index in [1.54, 1.807) is 0 Å². The molecule has 1 aromatic rings. The SMILES string of the molecule is COC(=O)[C@@H](O)C1CCN(Cc2ccc(Cl)c(C)c2)CC1. The van der Waals surface area contributed by atoms with Crippen molar-refractivity contribution in [2.75, 3.05) is 20.2 Å². The van der Waals surface area contributed by atoms with Crippen molar-refractivity contribution >= 4 is 17.6 Å². The first-order valence-corrected chi connectivity index (χ1v) is 7.62. The predicted octanol–water partition coefficient (Wildman–Crippen LogP) is 2.39. The number of hydrogen-bond acceptors (Lipinski definition) is 4. The van der Waals surface area contributed by atoms with Crippen LogP contribution in [0, 0.1) is 12.8 Å². The monoisotopic (exact) mass is 311 g/mol. The van der Waals surface area contributed by atoms with Gasteiger partial charge in [0.25, 0.3) is 0 Å². The van der Waals surface area contributed by atoms with Crippen molar-refractivity contribution < 1.29 is 14.6 Å². The van der Waals surface area contributed by atoms with Gasteiger partial charge in [-0.2, -0.15) is 0 Å². The van der Waals surface area contributed by atoms with E-state index < -0.39 is 12.1 Å². The molecule has 0 saturated carbocycles. The molecule has 0 amide bonds. The van der Waals surface area contributed by atoms with Gasteiger partial charge in [-0.15, -0.1) is 0 Å². The number of likely N-dealkylation sites (tertiary alicyclic amines) is 1. The maximum absolute atomic E-state index is 11.4. The minimum Gasteiger partial charge on any atom is -0.467 e. The normalized spacial score (nSPS) is 18.5. The Kier molecular flexibility index (Phi) is 5.62. The standard InChI is InChI=1S/C16H22ClNO3/c1-11-9-12(3-4-14(11)17)10-18-7-5-13(6-8-18)15(19)16(20)21-2/h3-4,9,13,15,19H,5-8,10H2,1-2H3/t15-/m0/s1. The van der Waals surface area contributed by atoms with Crippen molar-refractivity contribution in [3.63, 3.8) is 0 Å². The molecule has 1 N–H and O–H groups in total. The molecular formula is C16H22ClNO3. The zero-order valence-corrected chi connectivity index (χ0v) is 13.3. The molecule has 0 unspecified atom stereocenters. The smallest absolute Gasteiger partial charge is 0.334 e. The van der Waals surface area contributed by atoms with Crippen molar-refractivity contribution in [1.29, 1.82) is 0 Å². The van der Waals surface area contributed by atoms with E-state index >= 15 is 0 Å². The number of benzene rings is 1. The second-order valence-corrected chi connectivity index (χ2v) is 6.07. The number of nitrogens with zero attached hydrogens (tertiary/aromatic N) is 1. The Morgan fingerprint density at radius 3 is 2.71 bits per heavy atom. The number of halogens is 1. The molecule has 0 aromatic heterocycles. The maximum Gasteiger partial charge on any atom is 0.334 e. The first kappa shape index (κ1) is 16.3. The summed E-state index contributed by atoms with van der Waals surface area (Å²) in [6.45, 7) is 4.63. The van der Waals surface area contributed by atoms with Crippen LogP contribution in [0.1, 0.15) is 24.0 Å². The zero-order valence-electron chi connectivity index (χ0n) is 12.5. The largest absolute Gasteiger partial charge is 0.467 e. The number of ether oxygens (including phenoxy) is 1. The summed E-state index contributed by atoms with van der Waals surface area (Å²) in [4.78, 5) is 13.7. The molecule has 1 atom stereocenters. The molecule has 5 heteroatoms. The first-order chi connectivity index (χ1) is 10.0.